The summed E-state index contributed by atoms with van der Waals surface area (Å²) in [7, 11) is 0. The average Bonchev–Trinajstić information content (AvgIpc) is 2.58. The van der Waals surface area contributed by atoms with Crippen LogP contribution in [-0.2, 0) is 16.1 Å². The molecule has 0 fully saturated rings. The van der Waals surface area contributed by atoms with E-state index in [0.717, 1.165) is 21.3 Å². The molecule has 6 nitrogen and oxygen atoms in total. The third-order valence-corrected chi connectivity index (χ3v) is 3.75. The number of nitrogens with one attached hydrogen (secondary N) is 1. The Morgan fingerprint density at radius 1 is 1.08 bits per heavy atom. The lowest BCUT2D eigenvalue weighted by Gasteiger charge is -2.20. The third kappa shape index (κ3) is 4.16. The molecule has 0 aliphatic rings. The zero-order valence-corrected chi connectivity index (χ0v) is 14.0. The van der Waals surface area contributed by atoms with Gasteiger partial charge in [-0.25, -0.2) is 0 Å². The van der Waals surface area contributed by atoms with Gasteiger partial charge in [-0.15, -0.1) is 4.91 Å². The molecule has 0 spiro atoms. The standard InChI is InChI=1S/C18H21N3O3/c1-12(2)17(22)19-13(3)18(23)21(20-24)11-14-8-9-15-6-4-5-7-16(15)10-14/h4-10,12-13H,11H2,1-3H3,(H,19,22)/t13-/m0/s1. The lowest BCUT2D eigenvalue weighted by atomic mass is 10.1. The number of nitroso groups, excluding NO2 is 1. The van der Waals surface area contributed by atoms with Crippen molar-refractivity contribution in [3.8, 4) is 0 Å². The topological polar surface area (TPSA) is 78.8 Å². The van der Waals surface area contributed by atoms with E-state index in [1.165, 1.54) is 0 Å². The smallest absolute Gasteiger partial charge is 0.267 e. The third-order valence-electron chi connectivity index (χ3n) is 3.75. The van der Waals surface area contributed by atoms with Gasteiger partial charge in [-0.1, -0.05) is 50.2 Å². The van der Waals surface area contributed by atoms with Crippen LogP contribution in [0.2, 0.25) is 0 Å². The maximum absolute atomic E-state index is 12.3. The predicted octanol–water partition coefficient (Wildman–Crippen LogP) is 3.01. The zero-order chi connectivity index (χ0) is 17.7. The van der Waals surface area contributed by atoms with Crippen LogP contribution in [0.15, 0.2) is 47.8 Å². The van der Waals surface area contributed by atoms with Crippen molar-refractivity contribution in [2.24, 2.45) is 11.2 Å². The number of fused-ring (bicyclic) bond motifs is 1. The summed E-state index contributed by atoms with van der Waals surface area (Å²) in [6.45, 7) is 5.07. The Morgan fingerprint density at radius 3 is 2.38 bits per heavy atom. The monoisotopic (exact) mass is 327 g/mol. The Kier molecular flexibility index (Phi) is 5.63. The van der Waals surface area contributed by atoms with Crippen LogP contribution in [-0.4, -0.2) is 22.9 Å². The minimum atomic E-state index is -0.807. The molecule has 0 bridgehead atoms. The van der Waals surface area contributed by atoms with Crippen LogP contribution in [0.1, 0.15) is 26.3 Å². The summed E-state index contributed by atoms with van der Waals surface area (Å²) >= 11 is 0. The van der Waals surface area contributed by atoms with Crippen LogP contribution in [0.25, 0.3) is 10.8 Å². The van der Waals surface area contributed by atoms with Crippen LogP contribution in [0.4, 0.5) is 0 Å². The Morgan fingerprint density at radius 2 is 1.75 bits per heavy atom. The number of rotatable bonds is 6. The summed E-state index contributed by atoms with van der Waals surface area (Å²) < 4.78 is 0. The molecule has 0 unspecified atom stereocenters. The first-order valence-corrected chi connectivity index (χ1v) is 7.85. The Bertz CT molecular complexity index is 758. The highest BCUT2D eigenvalue weighted by molar-refractivity contribution is 5.88. The fraction of sp³-hybridized carbons (Fsp3) is 0.333. The first kappa shape index (κ1) is 17.6. The molecule has 1 atom stereocenters. The number of benzene rings is 2. The van der Waals surface area contributed by atoms with E-state index >= 15 is 0 Å². The van der Waals surface area contributed by atoms with Crippen molar-refractivity contribution in [3.63, 3.8) is 0 Å². The number of hydrogen-bond donors (Lipinski definition) is 1. The fourth-order valence-electron chi connectivity index (χ4n) is 2.32. The van der Waals surface area contributed by atoms with Crippen molar-refractivity contribution in [1.29, 1.82) is 0 Å². The maximum Gasteiger partial charge on any atom is 0.267 e. The molecule has 24 heavy (non-hydrogen) atoms. The average molecular weight is 327 g/mol. The molecule has 0 aliphatic heterocycles. The highest BCUT2D eigenvalue weighted by Gasteiger charge is 2.24. The molecule has 2 aromatic rings. The van der Waals surface area contributed by atoms with Gasteiger partial charge >= 0.3 is 0 Å². The van der Waals surface area contributed by atoms with Crippen molar-refractivity contribution < 1.29 is 9.59 Å². The van der Waals surface area contributed by atoms with Gasteiger partial charge < -0.3 is 5.32 Å². The van der Waals surface area contributed by atoms with E-state index in [1.54, 1.807) is 20.8 Å². The van der Waals surface area contributed by atoms with E-state index in [4.69, 9.17) is 0 Å². The minimum absolute atomic E-state index is 0.0645. The minimum Gasteiger partial charge on any atom is -0.344 e. The van der Waals surface area contributed by atoms with Crippen LogP contribution in [0.5, 0.6) is 0 Å². The van der Waals surface area contributed by atoms with E-state index in [0.29, 0.717) is 0 Å². The Labute approximate surface area is 140 Å². The largest absolute Gasteiger partial charge is 0.344 e. The first-order chi connectivity index (χ1) is 11.4. The zero-order valence-electron chi connectivity index (χ0n) is 14.0. The van der Waals surface area contributed by atoms with E-state index in [9.17, 15) is 14.5 Å². The molecule has 0 saturated heterocycles. The van der Waals surface area contributed by atoms with Crippen molar-refractivity contribution in [2.75, 3.05) is 0 Å². The molecule has 1 N–H and O–H groups in total. The van der Waals surface area contributed by atoms with Crippen LogP contribution in [0.3, 0.4) is 0 Å². The molecule has 2 amide bonds. The second-order valence-electron chi connectivity index (χ2n) is 6.04. The Hall–Kier alpha value is -2.76. The summed E-state index contributed by atoms with van der Waals surface area (Å²) in [6, 6.07) is 12.7. The molecule has 0 aromatic heterocycles. The summed E-state index contributed by atoms with van der Waals surface area (Å²) in [5.74, 6) is -1.02. The molecule has 0 radical (unpaired) electrons. The van der Waals surface area contributed by atoms with Gasteiger partial charge in [-0.3, -0.25) is 9.59 Å². The van der Waals surface area contributed by atoms with Crippen molar-refractivity contribution in [3.05, 3.63) is 52.9 Å². The fourth-order valence-corrected chi connectivity index (χ4v) is 2.32. The molecule has 0 heterocycles. The van der Waals surface area contributed by atoms with Gasteiger partial charge in [0.15, 0.2) is 0 Å². The van der Waals surface area contributed by atoms with Crippen LogP contribution >= 0.6 is 0 Å². The Balaban J connectivity index is 2.10. The van der Waals surface area contributed by atoms with Crippen LogP contribution in [0, 0.1) is 10.8 Å². The molecule has 2 aromatic carbocycles. The van der Waals surface area contributed by atoms with Gasteiger partial charge in [0.2, 0.25) is 5.91 Å². The van der Waals surface area contributed by atoms with Gasteiger partial charge in [-0.2, -0.15) is 5.01 Å². The van der Waals surface area contributed by atoms with Crippen LogP contribution < -0.4 is 5.32 Å². The second kappa shape index (κ2) is 7.68. The lowest BCUT2D eigenvalue weighted by molar-refractivity contribution is -0.137. The number of amides is 2. The molecule has 0 saturated carbocycles. The number of nitrogens with zero attached hydrogens (tertiary/aromatic N) is 2. The molecule has 2 rings (SSSR count). The van der Waals surface area contributed by atoms with E-state index in [1.807, 2.05) is 42.5 Å². The van der Waals surface area contributed by atoms with E-state index in [-0.39, 0.29) is 18.4 Å². The normalized spacial score (nSPS) is 12.0. The van der Waals surface area contributed by atoms with Gasteiger partial charge in [0.05, 0.1) is 11.8 Å². The summed E-state index contributed by atoms with van der Waals surface area (Å²) in [6.07, 6.45) is 0. The van der Waals surface area contributed by atoms with Gasteiger partial charge in [0, 0.05) is 5.92 Å². The number of carbonyl (C=O) groups excluding carboxylic acids is 2. The first-order valence-electron chi connectivity index (χ1n) is 7.85. The van der Waals surface area contributed by atoms with Crippen molar-refractivity contribution >= 4 is 22.6 Å². The van der Waals surface area contributed by atoms with E-state index < -0.39 is 11.9 Å². The number of carbonyl (C=O) groups is 2. The summed E-state index contributed by atoms with van der Waals surface area (Å²) in [4.78, 5) is 35.1. The quantitative estimate of drug-likeness (QED) is 0.654. The van der Waals surface area contributed by atoms with Crippen molar-refractivity contribution in [2.45, 2.75) is 33.4 Å². The molecule has 6 heteroatoms. The van der Waals surface area contributed by atoms with Gasteiger partial charge in [-0.05, 0) is 29.3 Å². The molecular weight excluding hydrogens is 306 g/mol. The van der Waals surface area contributed by atoms with Crippen molar-refractivity contribution in [1.82, 2.24) is 10.3 Å². The highest BCUT2D eigenvalue weighted by Crippen LogP contribution is 2.17. The van der Waals surface area contributed by atoms with E-state index in [2.05, 4.69) is 10.6 Å². The summed E-state index contributed by atoms with van der Waals surface area (Å²) in [5.41, 5.74) is 0.795. The number of hydrogen-bond acceptors (Lipinski definition) is 4. The molecular formula is C18H21N3O3. The lowest BCUT2D eigenvalue weighted by Crippen LogP contribution is -2.46. The predicted molar refractivity (Wildman–Crippen MR) is 92.7 cm³/mol. The maximum atomic E-state index is 12.3. The second-order valence-corrected chi connectivity index (χ2v) is 6.04. The highest BCUT2D eigenvalue weighted by atomic mass is 16.3. The SMILES string of the molecule is CC(C)C(=O)N[C@@H](C)C(=O)N(Cc1ccc2ccccc2c1)N=O. The molecule has 126 valence electrons. The van der Waals surface area contributed by atoms with Gasteiger partial charge in [0.25, 0.3) is 5.91 Å². The van der Waals surface area contributed by atoms with Gasteiger partial charge in [0.1, 0.15) is 6.04 Å². The molecule has 0 aliphatic carbocycles. The summed E-state index contributed by atoms with van der Waals surface area (Å²) in [5, 5.41) is 8.34.